The van der Waals surface area contributed by atoms with Gasteiger partial charge in [0.05, 0.1) is 5.56 Å². The number of carboxylic acids is 1. The molecule has 1 aliphatic heterocycles. The SMILES string of the molecule is O=C(O)c1ccc2c(C3CC3)c(N3CCCCC3)ccc2c1. The number of piperidine rings is 1. The summed E-state index contributed by atoms with van der Waals surface area (Å²) in [7, 11) is 0. The van der Waals surface area contributed by atoms with Gasteiger partial charge < -0.3 is 10.0 Å². The van der Waals surface area contributed by atoms with E-state index in [1.165, 1.54) is 48.7 Å². The number of anilines is 1. The fraction of sp³-hybridized carbons (Fsp3) is 0.421. The first-order valence-corrected chi connectivity index (χ1v) is 8.29. The number of hydrogen-bond donors (Lipinski definition) is 1. The fourth-order valence-electron chi connectivity index (χ4n) is 3.69. The van der Waals surface area contributed by atoms with Crippen molar-refractivity contribution in [3.63, 3.8) is 0 Å². The summed E-state index contributed by atoms with van der Waals surface area (Å²) in [6, 6.07) is 9.88. The minimum Gasteiger partial charge on any atom is -0.478 e. The third-order valence-electron chi connectivity index (χ3n) is 4.97. The number of nitrogens with zero attached hydrogens (tertiary/aromatic N) is 1. The van der Waals surface area contributed by atoms with Crippen molar-refractivity contribution < 1.29 is 9.90 Å². The molecule has 0 radical (unpaired) electrons. The lowest BCUT2D eigenvalue weighted by atomic mass is 9.96. The normalized spacial score (nSPS) is 18.6. The summed E-state index contributed by atoms with van der Waals surface area (Å²) >= 11 is 0. The second-order valence-electron chi connectivity index (χ2n) is 6.56. The zero-order chi connectivity index (χ0) is 15.1. The van der Waals surface area contributed by atoms with Crippen LogP contribution in [0.4, 0.5) is 5.69 Å². The maximum Gasteiger partial charge on any atom is 0.335 e. The van der Waals surface area contributed by atoms with Gasteiger partial charge in [-0.25, -0.2) is 4.79 Å². The second-order valence-corrected chi connectivity index (χ2v) is 6.56. The van der Waals surface area contributed by atoms with Gasteiger partial charge in [0.15, 0.2) is 0 Å². The van der Waals surface area contributed by atoms with Gasteiger partial charge in [-0.05, 0) is 72.6 Å². The Morgan fingerprint density at radius 1 is 1.05 bits per heavy atom. The van der Waals surface area contributed by atoms with E-state index in [4.69, 9.17) is 0 Å². The largest absolute Gasteiger partial charge is 0.478 e. The summed E-state index contributed by atoms with van der Waals surface area (Å²) in [4.78, 5) is 13.7. The molecule has 1 saturated carbocycles. The highest BCUT2D eigenvalue weighted by atomic mass is 16.4. The van der Waals surface area contributed by atoms with Gasteiger partial charge in [-0.15, -0.1) is 0 Å². The van der Waals surface area contributed by atoms with Crippen molar-refractivity contribution in [2.24, 2.45) is 0 Å². The molecule has 1 saturated heterocycles. The van der Waals surface area contributed by atoms with Crippen molar-refractivity contribution in [3.8, 4) is 0 Å². The maximum absolute atomic E-state index is 11.2. The van der Waals surface area contributed by atoms with E-state index in [2.05, 4.69) is 17.0 Å². The quantitative estimate of drug-likeness (QED) is 0.912. The van der Waals surface area contributed by atoms with Crippen LogP contribution in [-0.4, -0.2) is 24.2 Å². The predicted molar refractivity (Wildman–Crippen MR) is 88.9 cm³/mol. The minimum absolute atomic E-state index is 0.375. The monoisotopic (exact) mass is 295 g/mol. The highest BCUT2D eigenvalue weighted by Crippen LogP contribution is 2.48. The zero-order valence-electron chi connectivity index (χ0n) is 12.7. The first-order chi connectivity index (χ1) is 10.7. The van der Waals surface area contributed by atoms with Crippen molar-refractivity contribution >= 4 is 22.4 Å². The van der Waals surface area contributed by atoms with Gasteiger partial charge in [0.1, 0.15) is 0 Å². The third kappa shape index (κ3) is 2.35. The van der Waals surface area contributed by atoms with Crippen LogP contribution in [0, 0.1) is 0 Å². The van der Waals surface area contributed by atoms with Crippen LogP contribution in [0.3, 0.4) is 0 Å². The van der Waals surface area contributed by atoms with Gasteiger partial charge >= 0.3 is 5.97 Å². The summed E-state index contributed by atoms with van der Waals surface area (Å²) in [6.07, 6.45) is 6.42. The van der Waals surface area contributed by atoms with Crippen molar-refractivity contribution in [2.45, 2.75) is 38.0 Å². The molecule has 0 unspecified atom stereocenters. The molecule has 0 spiro atoms. The fourth-order valence-corrected chi connectivity index (χ4v) is 3.69. The molecule has 1 aliphatic carbocycles. The Labute approximate surface area is 130 Å². The maximum atomic E-state index is 11.2. The van der Waals surface area contributed by atoms with Gasteiger partial charge in [0.25, 0.3) is 0 Å². The van der Waals surface area contributed by atoms with E-state index in [1.807, 2.05) is 12.1 Å². The highest BCUT2D eigenvalue weighted by molar-refractivity contribution is 5.97. The molecule has 1 N–H and O–H groups in total. The molecule has 3 heteroatoms. The van der Waals surface area contributed by atoms with E-state index in [9.17, 15) is 9.90 Å². The molecule has 114 valence electrons. The van der Waals surface area contributed by atoms with E-state index in [0.717, 1.165) is 18.5 Å². The van der Waals surface area contributed by atoms with Gasteiger partial charge in [-0.2, -0.15) is 0 Å². The van der Waals surface area contributed by atoms with Gasteiger partial charge in [0.2, 0.25) is 0 Å². The molecule has 4 rings (SSSR count). The van der Waals surface area contributed by atoms with E-state index >= 15 is 0 Å². The van der Waals surface area contributed by atoms with E-state index in [-0.39, 0.29) is 0 Å². The average molecular weight is 295 g/mol. The van der Waals surface area contributed by atoms with E-state index in [1.54, 1.807) is 6.07 Å². The Kier molecular flexibility index (Phi) is 3.29. The summed E-state index contributed by atoms with van der Waals surface area (Å²) in [5.74, 6) is -0.189. The van der Waals surface area contributed by atoms with Crippen LogP contribution in [-0.2, 0) is 0 Å². The standard InChI is InChI=1S/C19H21NO2/c21-19(22)15-6-8-16-14(12-15)7-9-17(18(16)13-4-5-13)20-10-2-1-3-11-20/h6-9,12-13H,1-5,10-11H2,(H,21,22). The molecule has 2 fully saturated rings. The first kappa shape index (κ1) is 13.6. The Bertz CT molecular complexity index is 728. The molecular weight excluding hydrogens is 274 g/mol. The topological polar surface area (TPSA) is 40.5 Å². The predicted octanol–water partition coefficient (Wildman–Crippen LogP) is 4.41. The molecule has 22 heavy (non-hydrogen) atoms. The molecule has 1 heterocycles. The van der Waals surface area contributed by atoms with Crippen LogP contribution >= 0.6 is 0 Å². The van der Waals surface area contributed by atoms with Crippen LogP contribution in [0.1, 0.15) is 53.9 Å². The lowest BCUT2D eigenvalue weighted by Crippen LogP contribution is -2.30. The molecule has 2 aromatic carbocycles. The van der Waals surface area contributed by atoms with Crippen LogP contribution in [0.2, 0.25) is 0 Å². The van der Waals surface area contributed by atoms with Gasteiger partial charge in [0, 0.05) is 18.8 Å². The molecule has 0 aromatic heterocycles. The molecule has 0 amide bonds. The van der Waals surface area contributed by atoms with Crippen LogP contribution in [0.5, 0.6) is 0 Å². The molecule has 2 aromatic rings. The van der Waals surface area contributed by atoms with Crippen molar-refractivity contribution in [2.75, 3.05) is 18.0 Å². The van der Waals surface area contributed by atoms with E-state index in [0.29, 0.717) is 11.5 Å². The van der Waals surface area contributed by atoms with Gasteiger partial charge in [-0.3, -0.25) is 0 Å². The van der Waals surface area contributed by atoms with E-state index < -0.39 is 5.97 Å². The smallest absolute Gasteiger partial charge is 0.335 e. The Hall–Kier alpha value is -2.03. The number of hydrogen-bond acceptors (Lipinski definition) is 2. The second kappa shape index (κ2) is 5.31. The molecule has 3 nitrogen and oxygen atoms in total. The summed E-state index contributed by atoms with van der Waals surface area (Å²) in [5.41, 5.74) is 3.22. The molecular formula is C19H21NO2. The van der Waals surface area contributed by atoms with Crippen LogP contribution < -0.4 is 4.90 Å². The minimum atomic E-state index is -0.852. The van der Waals surface area contributed by atoms with Crippen LogP contribution in [0.15, 0.2) is 30.3 Å². The van der Waals surface area contributed by atoms with Gasteiger partial charge in [-0.1, -0.05) is 12.1 Å². The average Bonchev–Trinajstić information content (AvgIpc) is 3.38. The van der Waals surface area contributed by atoms with Crippen molar-refractivity contribution in [1.29, 1.82) is 0 Å². The molecule has 0 bridgehead atoms. The number of rotatable bonds is 3. The van der Waals surface area contributed by atoms with Crippen molar-refractivity contribution in [3.05, 3.63) is 41.5 Å². The Balaban J connectivity index is 1.85. The highest BCUT2D eigenvalue weighted by Gasteiger charge is 2.30. The summed E-state index contributed by atoms with van der Waals surface area (Å²) in [5, 5.41) is 11.5. The molecule has 0 atom stereocenters. The Morgan fingerprint density at radius 3 is 2.50 bits per heavy atom. The number of benzene rings is 2. The zero-order valence-corrected chi connectivity index (χ0v) is 12.7. The summed E-state index contributed by atoms with van der Waals surface area (Å²) < 4.78 is 0. The Morgan fingerprint density at radius 2 is 1.82 bits per heavy atom. The third-order valence-corrected chi connectivity index (χ3v) is 4.97. The first-order valence-electron chi connectivity index (χ1n) is 8.29. The molecule has 2 aliphatic rings. The number of fused-ring (bicyclic) bond motifs is 1. The lowest BCUT2D eigenvalue weighted by molar-refractivity contribution is 0.0697. The number of carbonyl (C=O) groups is 1. The summed E-state index contributed by atoms with van der Waals surface area (Å²) in [6.45, 7) is 2.30. The number of aromatic carboxylic acids is 1. The number of carboxylic acid groups (broad SMARTS) is 1. The lowest BCUT2D eigenvalue weighted by Gasteiger charge is -2.31. The van der Waals surface area contributed by atoms with Crippen molar-refractivity contribution in [1.82, 2.24) is 0 Å². The van der Waals surface area contributed by atoms with Crippen LogP contribution in [0.25, 0.3) is 10.8 Å².